The van der Waals surface area contributed by atoms with E-state index in [1.165, 1.54) is 69.9 Å². The summed E-state index contributed by atoms with van der Waals surface area (Å²) in [5.74, 6) is 0.879. The molecule has 1 heterocycles. The lowest BCUT2D eigenvalue weighted by Gasteiger charge is -2.28. The molecule has 20 heavy (non-hydrogen) atoms. The van der Waals surface area contributed by atoms with Gasteiger partial charge in [0.2, 0.25) is 0 Å². The number of benzene rings is 1. The van der Waals surface area contributed by atoms with E-state index in [9.17, 15) is 0 Å². The third-order valence-corrected chi connectivity index (χ3v) is 8.59. The highest BCUT2D eigenvalue weighted by atomic mass is 28.3. The molecule has 0 aromatic heterocycles. The fourth-order valence-corrected chi connectivity index (χ4v) is 7.60. The molecular weight excluding hydrogens is 256 g/mol. The Kier molecular flexibility index (Phi) is 4.98. The summed E-state index contributed by atoms with van der Waals surface area (Å²) in [6, 6.07) is 10.4. The van der Waals surface area contributed by atoms with Gasteiger partial charge in [-0.15, -0.1) is 0 Å². The molecule has 1 radical (unpaired) electrons. The normalized spacial score (nSPS) is 22.1. The van der Waals surface area contributed by atoms with Crippen LogP contribution in [0.15, 0.2) is 18.2 Å². The minimum absolute atomic E-state index is 0.227. The Balaban J connectivity index is 1.89. The van der Waals surface area contributed by atoms with Crippen LogP contribution in [0.3, 0.4) is 0 Å². The van der Waals surface area contributed by atoms with Crippen LogP contribution in [0, 0.1) is 0 Å². The van der Waals surface area contributed by atoms with E-state index in [2.05, 4.69) is 25.1 Å². The monoisotopic (exact) mass is 285 g/mol. The predicted octanol–water partition coefficient (Wildman–Crippen LogP) is 5.18. The van der Waals surface area contributed by atoms with Gasteiger partial charge in [0.15, 0.2) is 0 Å². The van der Waals surface area contributed by atoms with Gasteiger partial charge in [-0.1, -0.05) is 80.9 Å². The van der Waals surface area contributed by atoms with Gasteiger partial charge < -0.3 is 0 Å². The SMILES string of the molecule is CCc1c(C2CCCCC2)cccc1[Si]1CCCCC1. The van der Waals surface area contributed by atoms with Crippen LogP contribution in [-0.2, 0) is 6.42 Å². The Morgan fingerprint density at radius 2 is 1.65 bits per heavy atom. The molecule has 1 aliphatic heterocycles. The first-order valence-corrected chi connectivity index (χ1v) is 10.8. The van der Waals surface area contributed by atoms with Crippen molar-refractivity contribution in [2.24, 2.45) is 0 Å². The highest BCUT2D eigenvalue weighted by Gasteiger charge is 2.24. The van der Waals surface area contributed by atoms with Crippen molar-refractivity contribution < 1.29 is 0 Å². The standard InChI is InChI=1S/C19H29Si/c1-2-17-18(16-10-5-3-6-11-16)12-9-13-19(17)20-14-7-4-8-15-20/h9,12-13,16H,2-8,10-11,14-15H2,1H3. The van der Waals surface area contributed by atoms with Crippen LogP contribution in [0.25, 0.3) is 0 Å². The Hall–Kier alpha value is -0.563. The molecule has 1 saturated carbocycles. The topological polar surface area (TPSA) is 0 Å². The summed E-state index contributed by atoms with van der Waals surface area (Å²) in [5, 5.41) is 1.82. The summed E-state index contributed by atoms with van der Waals surface area (Å²) in [6.45, 7) is 2.39. The first-order chi connectivity index (χ1) is 9.90. The maximum Gasteiger partial charge on any atom is 0.0860 e. The van der Waals surface area contributed by atoms with Crippen LogP contribution in [-0.4, -0.2) is 8.80 Å². The molecule has 0 atom stereocenters. The summed E-state index contributed by atoms with van der Waals surface area (Å²) in [5.41, 5.74) is 3.52. The maximum absolute atomic E-state index is 2.49. The van der Waals surface area contributed by atoms with Crippen molar-refractivity contribution >= 4 is 14.0 Å². The number of rotatable bonds is 3. The van der Waals surface area contributed by atoms with Gasteiger partial charge in [-0.2, -0.15) is 0 Å². The molecule has 0 amide bonds. The van der Waals surface area contributed by atoms with E-state index < -0.39 is 0 Å². The van der Waals surface area contributed by atoms with E-state index in [1.807, 2.05) is 5.19 Å². The molecule has 2 aliphatic rings. The fraction of sp³-hybridized carbons (Fsp3) is 0.684. The van der Waals surface area contributed by atoms with Crippen LogP contribution in [0.4, 0.5) is 0 Å². The molecule has 1 aromatic rings. The second-order valence-corrected chi connectivity index (χ2v) is 9.47. The third-order valence-electron chi connectivity index (χ3n) is 5.45. The summed E-state index contributed by atoms with van der Waals surface area (Å²) in [4.78, 5) is 0. The third kappa shape index (κ3) is 3.03. The zero-order chi connectivity index (χ0) is 13.8. The van der Waals surface area contributed by atoms with E-state index in [1.54, 1.807) is 11.1 Å². The average molecular weight is 286 g/mol. The van der Waals surface area contributed by atoms with Gasteiger partial charge in [-0.05, 0) is 36.3 Å². The van der Waals surface area contributed by atoms with Crippen LogP contribution >= 0.6 is 0 Å². The van der Waals surface area contributed by atoms with E-state index in [4.69, 9.17) is 0 Å². The lowest BCUT2D eigenvalue weighted by molar-refractivity contribution is 0.442. The van der Waals surface area contributed by atoms with Gasteiger partial charge in [-0.3, -0.25) is 0 Å². The lowest BCUT2D eigenvalue weighted by Crippen LogP contribution is -2.35. The molecule has 0 nitrogen and oxygen atoms in total. The molecule has 1 aromatic carbocycles. The molecule has 109 valence electrons. The molecule has 1 saturated heterocycles. The summed E-state index contributed by atoms with van der Waals surface area (Å²) >= 11 is 0. The fourth-order valence-electron chi connectivity index (χ4n) is 4.37. The quantitative estimate of drug-likeness (QED) is 0.671. The molecular formula is C19H29Si. The van der Waals surface area contributed by atoms with Crippen molar-refractivity contribution in [1.29, 1.82) is 0 Å². The summed E-state index contributed by atoms with van der Waals surface area (Å²) in [6.07, 6.45) is 13.0. The van der Waals surface area contributed by atoms with Crippen molar-refractivity contribution in [3.8, 4) is 0 Å². The lowest BCUT2D eigenvalue weighted by atomic mass is 9.81. The zero-order valence-electron chi connectivity index (χ0n) is 13.1. The van der Waals surface area contributed by atoms with Crippen LogP contribution in [0.2, 0.25) is 12.1 Å². The van der Waals surface area contributed by atoms with Crippen molar-refractivity contribution in [3.05, 3.63) is 29.3 Å². The Bertz CT molecular complexity index is 389. The van der Waals surface area contributed by atoms with Gasteiger partial charge in [0.25, 0.3) is 0 Å². The molecule has 0 unspecified atom stereocenters. The zero-order valence-corrected chi connectivity index (χ0v) is 14.1. The minimum Gasteiger partial charge on any atom is -0.0630 e. The largest absolute Gasteiger partial charge is 0.0860 e. The van der Waals surface area contributed by atoms with Crippen molar-refractivity contribution in [3.63, 3.8) is 0 Å². The van der Waals surface area contributed by atoms with Crippen molar-refractivity contribution in [2.45, 2.75) is 82.7 Å². The molecule has 0 spiro atoms. The van der Waals surface area contributed by atoms with Gasteiger partial charge >= 0.3 is 0 Å². The molecule has 2 fully saturated rings. The summed E-state index contributed by atoms with van der Waals surface area (Å²) in [7, 11) is -0.227. The summed E-state index contributed by atoms with van der Waals surface area (Å²) < 4.78 is 0. The number of hydrogen-bond acceptors (Lipinski definition) is 0. The van der Waals surface area contributed by atoms with Gasteiger partial charge in [0, 0.05) is 0 Å². The molecule has 3 rings (SSSR count). The molecule has 1 heteroatoms. The van der Waals surface area contributed by atoms with Crippen molar-refractivity contribution in [1.82, 2.24) is 0 Å². The van der Waals surface area contributed by atoms with Gasteiger partial charge in [-0.25, -0.2) is 0 Å². The number of hydrogen-bond donors (Lipinski definition) is 0. The van der Waals surface area contributed by atoms with Gasteiger partial charge in [0.05, 0.1) is 8.80 Å². The van der Waals surface area contributed by atoms with Gasteiger partial charge in [0.1, 0.15) is 0 Å². The van der Waals surface area contributed by atoms with Crippen LogP contribution in [0.1, 0.15) is 75.3 Å². The second kappa shape index (κ2) is 6.93. The highest BCUT2D eigenvalue weighted by Crippen LogP contribution is 2.34. The highest BCUT2D eigenvalue weighted by molar-refractivity contribution is 6.73. The van der Waals surface area contributed by atoms with E-state index in [0.717, 1.165) is 5.92 Å². The first kappa shape index (κ1) is 14.4. The smallest absolute Gasteiger partial charge is 0.0630 e. The van der Waals surface area contributed by atoms with Crippen LogP contribution in [0.5, 0.6) is 0 Å². The Labute approximate surface area is 126 Å². The van der Waals surface area contributed by atoms with E-state index in [0.29, 0.717) is 0 Å². The predicted molar refractivity (Wildman–Crippen MR) is 90.5 cm³/mol. The van der Waals surface area contributed by atoms with Crippen molar-refractivity contribution in [2.75, 3.05) is 0 Å². The molecule has 1 aliphatic carbocycles. The first-order valence-electron chi connectivity index (χ1n) is 8.87. The Morgan fingerprint density at radius 3 is 2.35 bits per heavy atom. The Morgan fingerprint density at radius 1 is 0.950 bits per heavy atom. The molecule has 0 N–H and O–H groups in total. The molecule has 0 bridgehead atoms. The van der Waals surface area contributed by atoms with Crippen LogP contribution < -0.4 is 5.19 Å². The minimum atomic E-state index is -0.227. The van der Waals surface area contributed by atoms with E-state index in [-0.39, 0.29) is 8.80 Å². The average Bonchev–Trinajstić information content (AvgIpc) is 2.55. The second-order valence-electron chi connectivity index (χ2n) is 6.73. The van der Waals surface area contributed by atoms with E-state index >= 15 is 0 Å². The maximum atomic E-state index is 2.49.